The average molecular weight is 157 g/mol. The van der Waals surface area contributed by atoms with Crippen molar-refractivity contribution < 1.29 is 0 Å². The van der Waals surface area contributed by atoms with Gasteiger partial charge in [-0.15, -0.1) is 12.3 Å². The molecule has 36 valence electrons. The summed E-state index contributed by atoms with van der Waals surface area (Å²) in [4.78, 5) is 2.57. The summed E-state index contributed by atoms with van der Waals surface area (Å²) in [6.45, 7) is 0. The Labute approximate surface area is 52.4 Å². The van der Waals surface area contributed by atoms with Gasteiger partial charge in [-0.1, -0.05) is 5.92 Å². The van der Waals surface area contributed by atoms with Crippen molar-refractivity contribution in [2.75, 3.05) is 0 Å². The van der Waals surface area contributed by atoms with Crippen molar-refractivity contribution in [2.45, 2.75) is 12.8 Å². The normalized spacial score (nSPS) is 5.71. The van der Waals surface area contributed by atoms with Crippen LogP contribution >= 0.6 is 15.9 Å². The maximum Gasteiger partial charge on any atom is 0.0207 e. The predicted octanol–water partition coefficient (Wildman–Crippen LogP) is 1.76. The van der Waals surface area contributed by atoms with Gasteiger partial charge in [0.05, 0.1) is 0 Å². The van der Waals surface area contributed by atoms with E-state index in [2.05, 4.69) is 32.6 Å². The Hall–Kier alpha value is -0.400. The Morgan fingerprint density at radius 3 is 2.57 bits per heavy atom. The van der Waals surface area contributed by atoms with E-state index in [1.807, 2.05) is 0 Å². The van der Waals surface area contributed by atoms with Crippen LogP contribution < -0.4 is 0 Å². The van der Waals surface area contributed by atoms with Crippen LogP contribution in [-0.2, 0) is 0 Å². The van der Waals surface area contributed by atoms with Gasteiger partial charge in [-0.3, -0.25) is 0 Å². The molecule has 0 saturated carbocycles. The zero-order chi connectivity index (χ0) is 5.54. The number of hydrogen-bond acceptors (Lipinski definition) is 0. The van der Waals surface area contributed by atoms with Crippen LogP contribution in [0.1, 0.15) is 12.8 Å². The predicted molar refractivity (Wildman–Crippen MR) is 34.8 cm³/mol. The number of hydrogen-bond donors (Lipinski definition) is 0. The van der Waals surface area contributed by atoms with Crippen LogP contribution in [0.15, 0.2) is 0 Å². The van der Waals surface area contributed by atoms with Gasteiger partial charge in [-0.25, -0.2) is 0 Å². The fourth-order valence-electron chi connectivity index (χ4n) is 0.182. The molecule has 0 aliphatic carbocycles. The first kappa shape index (κ1) is 6.60. The van der Waals surface area contributed by atoms with Crippen molar-refractivity contribution in [3.05, 3.63) is 0 Å². The lowest BCUT2D eigenvalue weighted by Gasteiger charge is -1.71. The molecule has 0 aromatic carbocycles. The molecular weight excluding hydrogens is 152 g/mol. The van der Waals surface area contributed by atoms with Crippen LogP contribution in [0.3, 0.4) is 0 Å². The summed E-state index contributed by atoms with van der Waals surface area (Å²) >= 11 is 2.95. The van der Waals surface area contributed by atoms with Gasteiger partial charge in [0.25, 0.3) is 0 Å². The molecule has 0 nitrogen and oxygen atoms in total. The van der Waals surface area contributed by atoms with Crippen molar-refractivity contribution in [1.82, 2.24) is 0 Å². The summed E-state index contributed by atoms with van der Waals surface area (Å²) in [6, 6.07) is 0. The number of halogens is 1. The molecule has 0 saturated heterocycles. The van der Waals surface area contributed by atoms with Gasteiger partial charge in [-0.2, -0.15) is 0 Å². The fourth-order valence-corrected chi connectivity index (χ4v) is 0.380. The second-order valence-electron chi connectivity index (χ2n) is 0.975. The van der Waals surface area contributed by atoms with Gasteiger partial charge in [0.2, 0.25) is 0 Å². The van der Waals surface area contributed by atoms with Crippen LogP contribution in [0.2, 0.25) is 0 Å². The Morgan fingerprint density at radius 1 is 1.43 bits per heavy atom. The van der Waals surface area contributed by atoms with E-state index in [1.165, 1.54) is 0 Å². The van der Waals surface area contributed by atoms with E-state index in [-0.39, 0.29) is 0 Å². The van der Waals surface area contributed by atoms with Crippen LogP contribution in [0, 0.1) is 23.1 Å². The molecule has 0 aliphatic heterocycles. The van der Waals surface area contributed by atoms with Crippen molar-refractivity contribution in [3.8, 4) is 23.1 Å². The van der Waals surface area contributed by atoms with E-state index >= 15 is 0 Å². The zero-order valence-electron chi connectivity index (χ0n) is 3.87. The van der Waals surface area contributed by atoms with Crippen LogP contribution in [-0.4, -0.2) is 0 Å². The summed E-state index contributed by atoms with van der Waals surface area (Å²) < 4.78 is 0. The molecular formula is C6H5Br. The van der Waals surface area contributed by atoms with Crippen LogP contribution in [0.25, 0.3) is 0 Å². The molecule has 0 bridgehead atoms. The smallest absolute Gasteiger partial charge is 0.0207 e. The zero-order valence-corrected chi connectivity index (χ0v) is 5.46. The molecule has 0 amide bonds. The van der Waals surface area contributed by atoms with Crippen molar-refractivity contribution in [1.29, 1.82) is 0 Å². The molecule has 0 aromatic rings. The Kier molecular flexibility index (Phi) is 5.28. The minimum atomic E-state index is 0.749. The Morgan fingerprint density at radius 2 is 2.14 bits per heavy atom. The summed E-state index contributed by atoms with van der Waals surface area (Å²) in [5.74, 6) is 5.25. The minimum Gasteiger partial charge on any atom is -0.120 e. The molecule has 0 aliphatic rings. The molecule has 0 radical (unpaired) electrons. The SMILES string of the molecule is C#CCCC#CBr. The quantitative estimate of drug-likeness (QED) is 0.401. The lowest BCUT2D eigenvalue weighted by atomic mass is 10.3. The second kappa shape index (κ2) is 5.60. The summed E-state index contributed by atoms with van der Waals surface area (Å²) in [6.07, 6.45) is 6.48. The summed E-state index contributed by atoms with van der Waals surface area (Å²) in [5.41, 5.74) is 0. The van der Waals surface area contributed by atoms with E-state index in [1.54, 1.807) is 0 Å². The lowest BCUT2D eigenvalue weighted by molar-refractivity contribution is 1.12. The molecule has 0 heterocycles. The molecule has 0 unspecified atom stereocenters. The van der Waals surface area contributed by atoms with Crippen LogP contribution in [0.5, 0.6) is 0 Å². The van der Waals surface area contributed by atoms with Gasteiger partial charge in [-0.05, 0) is 4.83 Å². The van der Waals surface area contributed by atoms with E-state index in [9.17, 15) is 0 Å². The van der Waals surface area contributed by atoms with Crippen molar-refractivity contribution >= 4 is 15.9 Å². The number of rotatable bonds is 1. The number of unbranched alkanes of at least 4 members (excludes halogenated alkanes) is 1. The topological polar surface area (TPSA) is 0 Å². The third-order valence-corrected chi connectivity index (χ3v) is 0.742. The van der Waals surface area contributed by atoms with Gasteiger partial charge >= 0.3 is 0 Å². The van der Waals surface area contributed by atoms with E-state index in [4.69, 9.17) is 6.42 Å². The lowest BCUT2D eigenvalue weighted by Crippen LogP contribution is -1.59. The molecule has 0 spiro atoms. The standard InChI is InChI=1S/C6H5Br/c1-2-3-4-5-6-7/h1H,3-4H2. The highest BCUT2D eigenvalue weighted by molar-refractivity contribution is 9.12. The monoisotopic (exact) mass is 156 g/mol. The molecule has 7 heavy (non-hydrogen) atoms. The third kappa shape index (κ3) is 5.60. The van der Waals surface area contributed by atoms with E-state index in [0.717, 1.165) is 12.8 Å². The van der Waals surface area contributed by atoms with Gasteiger partial charge in [0.15, 0.2) is 0 Å². The third-order valence-electron chi connectivity index (χ3n) is 0.461. The molecule has 0 atom stereocenters. The Bertz CT molecular complexity index is 119. The summed E-state index contributed by atoms with van der Waals surface area (Å²) in [5, 5.41) is 0. The molecule has 0 aromatic heterocycles. The van der Waals surface area contributed by atoms with Gasteiger partial charge in [0, 0.05) is 28.8 Å². The maximum atomic E-state index is 4.94. The highest BCUT2D eigenvalue weighted by Gasteiger charge is 1.68. The Balaban J connectivity index is 2.98. The molecule has 0 N–H and O–H groups in total. The van der Waals surface area contributed by atoms with E-state index in [0.29, 0.717) is 0 Å². The van der Waals surface area contributed by atoms with Gasteiger partial charge in [0.1, 0.15) is 0 Å². The molecule has 0 rings (SSSR count). The highest BCUT2D eigenvalue weighted by Crippen LogP contribution is 1.82. The van der Waals surface area contributed by atoms with E-state index < -0.39 is 0 Å². The second-order valence-corrected chi connectivity index (χ2v) is 1.37. The average Bonchev–Trinajstić information content (AvgIpc) is 1.69. The van der Waals surface area contributed by atoms with Crippen molar-refractivity contribution in [3.63, 3.8) is 0 Å². The largest absolute Gasteiger partial charge is 0.120 e. The highest BCUT2D eigenvalue weighted by atomic mass is 79.9. The molecule has 1 heteroatoms. The first-order valence-electron chi connectivity index (χ1n) is 1.93. The van der Waals surface area contributed by atoms with Crippen molar-refractivity contribution in [2.24, 2.45) is 0 Å². The fraction of sp³-hybridized carbons (Fsp3) is 0.333. The summed E-state index contributed by atoms with van der Waals surface area (Å²) in [7, 11) is 0. The molecule has 0 fully saturated rings. The first-order valence-corrected chi connectivity index (χ1v) is 2.73. The van der Waals surface area contributed by atoms with Crippen LogP contribution in [0.4, 0.5) is 0 Å². The minimum absolute atomic E-state index is 0.749. The maximum absolute atomic E-state index is 4.94. The number of terminal acetylenes is 1. The first-order chi connectivity index (χ1) is 3.41. The van der Waals surface area contributed by atoms with Gasteiger partial charge < -0.3 is 0 Å².